The predicted molar refractivity (Wildman–Crippen MR) is 122 cm³/mol. The summed E-state index contributed by atoms with van der Waals surface area (Å²) in [7, 11) is 2.92. The van der Waals surface area contributed by atoms with Crippen molar-refractivity contribution >= 4 is 16.9 Å². The summed E-state index contributed by atoms with van der Waals surface area (Å²) in [6, 6.07) is 14.1. The molecule has 0 radical (unpaired) electrons. The third-order valence-corrected chi connectivity index (χ3v) is 5.82. The van der Waals surface area contributed by atoms with Crippen LogP contribution in [0.15, 0.2) is 53.5 Å². The fraction of sp³-hybridized carbons (Fsp3) is 0.240. The molecule has 0 aliphatic carbocycles. The summed E-state index contributed by atoms with van der Waals surface area (Å²) >= 11 is 0. The number of aromatic nitrogens is 3. The SMILES string of the molecule is COC(=O)c1c(-c2ccc(C)c(C)c2)c2cnn(Cc3ccc(C)cc3)c2c(=O)n1C. The van der Waals surface area contributed by atoms with Gasteiger partial charge in [-0.3, -0.25) is 9.48 Å². The smallest absolute Gasteiger partial charge is 0.355 e. The number of rotatable bonds is 4. The summed E-state index contributed by atoms with van der Waals surface area (Å²) in [4.78, 5) is 26.0. The van der Waals surface area contributed by atoms with Crippen molar-refractivity contribution < 1.29 is 9.53 Å². The first-order chi connectivity index (χ1) is 14.8. The van der Waals surface area contributed by atoms with Crippen LogP contribution in [0, 0.1) is 20.8 Å². The van der Waals surface area contributed by atoms with E-state index in [1.54, 1.807) is 17.9 Å². The molecule has 0 fully saturated rings. The Hall–Kier alpha value is -3.67. The fourth-order valence-corrected chi connectivity index (χ4v) is 3.86. The first-order valence-electron chi connectivity index (χ1n) is 10.1. The molecule has 0 amide bonds. The van der Waals surface area contributed by atoms with E-state index >= 15 is 0 Å². The van der Waals surface area contributed by atoms with Gasteiger partial charge in [0.2, 0.25) is 0 Å². The number of methoxy groups -OCH3 is 1. The highest BCUT2D eigenvalue weighted by atomic mass is 16.5. The summed E-state index contributed by atoms with van der Waals surface area (Å²) in [6.07, 6.45) is 1.67. The van der Waals surface area contributed by atoms with Crippen molar-refractivity contribution in [3.05, 3.63) is 87.0 Å². The molecule has 0 aliphatic heterocycles. The second-order valence-corrected chi connectivity index (χ2v) is 7.93. The van der Waals surface area contributed by atoms with Gasteiger partial charge in [0.05, 0.1) is 19.9 Å². The topological polar surface area (TPSA) is 66.1 Å². The van der Waals surface area contributed by atoms with Crippen LogP contribution in [0.25, 0.3) is 22.0 Å². The largest absolute Gasteiger partial charge is 0.464 e. The van der Waals surface area contributed by atoms with Crippen molar-refractivity contribution in [3.8, 4) is 11.1 Å². The maximum atomic E-state index is 13.3. The Labute approximate surface area is 180 Å². The van der Waals surface area contributed by atoms with Crippen molar-refractivity contribution in [2.75, 3.05) is 7.11 Å². The molecule has 6 heteroatoms. The molecule has 31 heavy (non-hydrogen) atoms. The van der Waals surface area contributed by atoms with E-state index in [1.807, 2.05) is 63.2 Å². The Morgan fingerprint density at radius 1 is 1.03 bits per heavy atom. The van der Waals surface area contributed by atoms with Crippen LogP contribution in [-0.4, -0.2) is 27.4 Å². The van der Waals surface area contributed by atoms with E-state index in [9.17, 15) is 9.59 Å². The first-order valence-corrected chi connectivity index (χ1v) is 10.1. The van der Waals surface area contributed by atoms with Gasteiger partial charge in [-0.15, -0.1) is 0 Å². The number of hydrogen-bond acceptors (Lipinski definition) is 4. The van der Waals surface area contributed by atoms with Gasteiger partial charge in [-0.25, -0.2) is 4.79 Å². The third kappa shape index (κ3) is 3.54. The third-order valence-electron chi connectivity index (χ3n) is 5.82. The van der Waals surface area contributed by atoms with Crippen molar-refractivity contribution in [2.45, 2.75) is 27.3 Å². The summed E-state index contributed by atoms with van der Waals surface area (Å²) < 4.78 is 8.09. The fourth-order valence-electron chi connectivity index (χ4n) is 3.86. The normalized spacial score (nSPS) is 11.1. The number of fused-ring (bicyclic) bond motifs is 1. The minimum Gasteiger partial charge on any atom is -0.464 e. The van der Waals surface area contributed by atoms with Gasteiger partial charge < -0.3 is 9.30 Å². The Balaban J connectivity index is 2.02. The molecule has 6 nitrogen and oxygen atoms in total. The molecular weight excluding hydrogens is 390 g/mol. The molecule has 0 unspecified atom stereocenters. The van der Waals surface area contributed by atoms with E-state index in [0.717, 1.165) is 22.3 Å². The van der Waals surface area contributed by atoms with Gasteiger partial charge in [0.25, 0.3) is 5.56 Å². The maximum absolute atomic E-state index is 13.3. The quantitative estimate of drug-likeness (QED) is 0.470. The molecule has 2 aromatic heterocycles. The summed E-state index contributed by atoms with van der Waals surface area (Å²) in [5.41, 5.74) is 6.37. The lowest BCUT2D eigenvalue weighted by molar-refractivity contribution is 0.0589. The van der Waals surface area contributed by atoms with E-state index in [0.29, 0.717) is 23.0 Å². The zero-order valence-electron chi connectivity index (χ0n) is 18.4. The lowest BCUT2D eigenvalue weighted by Crippen LogP contribution is -2.27. The lowest BCUT2D eigenvalue weighted by atomic mass is 9.96. The van der Waals surface area contributed by atoms with Gasteiger partial charge in [-0.05, 0) is 43.0 Å². The van der Waals surface area contributed by atoms with E-state index in [2.05, 4.69) is 5.10 Å². The van der Waals surface area contributed by atoms with Crippen molar-refractivity contribution in [2.24, 2.45) is 7.05 Å². The van der Waals surface area contributed by atoms with Crippen molar-refractivity contribution in [3.63, 3.8) is 0 Å². The van der Waals surface area contributed by atoms with Crippen LogP contribution in [0.1, 0.15) is 32.7 Å². The highest BCUT2D eigenvalue weighted by molar-refractivity contribution is 6.05. The average molecular weight is 415 g/mol. The van der Waals surface area contributed by atoms with E-state index < -0.39 is 5.97 Å². The van der Waals surface area contributed by atoms with Gasteiger partial charge in [0.15, 0.2) is 0 Å². The van der Waals surface area contributed by atoms with Crippen molar-refractivity contribution in [1.82, 2.24) is 14.3 Å². The van der Waals surface area contributed by atoms with Gasteiger partial charge >= 0.3 is 5.97 Å². The lowest BCUT2D eigenvalue weighted by Gasteiger charge is -2.15. The number of carbonyl (C=O) groups is 1. The maximum Gasteiger partial charge on any atom is 0.355 e. The molecule has 0 saturated carbocycles. The monoisotopic (exact) mass is 415 g/mol. The van der Waals surface area contributed by atoms with Gasteiger partial charge in [-0.1, -0.05) is 48.0 Å². The number of ether oxygens (including phenoxy) is 1. The van der Waals surface area contributed by atoms with Crippen LogP contribution < -0.4 is 5.56 Å². The Kier molecular flexibility index (Phi) is 5.23. The number of hydrogen-bond donors (Lipinski definition) is 0. The number of aryl methyl sites for hydroxylation is 3. The molecule has 2 heterocycles. The van der Waals surface area contributed by atoms with Crippen LogP contribution in [0.2, 0.25) is 0 Å². The molecule has 0 bridgehead atoms. The first kappa shape index (κ1) is 20.6. The number of carbonyl (C=O) groups excluding carboxylic acids is 1. The number of pyridine rings is 1. The predicted octanol–water partition coefficient (Wildman–Crippen LogP) is 4.16. The molecule has 158 valence electrons. The Morgan fingerprint density at radius 3 is 2.39 bits per heavy atom. The van der Waals surface area contributed by atoms with Crippen LogP contribution >= 0.6 is 0 Å². The molecular formula is C25H25N3O3. The highest BCUT2D eigenvalue weighted by Crippen LogP contribution is 2.32. The second-order valence-electron chi connectivity index (χ2n) is 7.93. The van der Waals surface area contributed by atoms with Gasteiger partial charge in [-0.2, -0.15) is 5.10 Å². The van der Waals surface area contributed by atoms with Crippen LogP contribution in [0.4, 0.5) is 0 Å². The second kappa shape index (κ2) is 7.87. The molecule has 0 atom stereocenters. The molecule has 4 aromatic rings. The number of benzene rings is 2. The molecule has 0 spiro atoms. The summed E-state index contributed by atoms with van der Waals surface area (Å²) in [5.74, 6) is -0.555. The summed E-state index contributed by atoms with van der Waals surface area (Å²) in [6.45, 7) is 6.56. The molecule has 2 aromatic carbocycles. The standard InChI is InChI=1S/C25H25N3O3/c1-15-6-9-18(10-7-15)14-28-22-20(13-26-28)21(19-11-8-16(2)17(3)12-19)23(25(30)31-5)27(4)24(22)29/h6-13H,14H2,1-5H3. The molecule has 0 aliphatic rings. The Bertz CT molecular complexity index is 1360. The zero-order chi connectivity index (χ0) is 22.3. The van der Waals surface area contributed by atoms with Crippen LogP contribution in [0.3, 0.4) is 0 Å². The highest BCUT2D eigenvalue weighted by Gasteiger charge is 2.25. The van der Waals surface area contributed by atoms with Crippen molar-refractivity contribution in [1.29, 1.82) is 0 Å². The molecule has 0 saturated heterocycles. The number of esters is 1. The van der Waals surface area contributed by atoms with Gasteiger partial charge in [0.1, 0.15) is 11.2 Å². The van der Waals surface area contributed by atoms with Crippen LogP contribution in [-0.2, 0) is 18.3 Å². The summed E-state index contributed by atoms with van der Waals surface area (Å²) in [5, 5.41) is 5.16. The Morgan fingerprint density at radius 2 is 1.74 bits per heavy atom. The van der Waals surface area contributed by atoms with E-state index in [4.69, 9.17) is 4.74 Å². The minimum atomic E-state index is -0.555. The minimum absolute atomic E-state index is 0.220. The van der Waals surface area contributed by atoms with E-state index in [-0.39, 0.29) is 11.3 Å². The number of nitrogens with zero attached hydrogens (tertiary/aromatic N) is 3. The van der Waals surface area contributed by atoms with Gasteiger partial charge in [0, 0.05) is 18.0 Å². The molecule has 4 rings (SSSR count). The van der Waals surface area contributed by atoms with Crippen LogP contribution in [0.5, 0.6) is 0 Å². The average Bonchev–Trinajstić information content (AvgIpc) is 3.17. The molecule has 0 N–H and O–H groups in total. The zero-order valence-corrected chi connectivity index (χ0v) is 18.4. The van der Waals surface area contributed by atoms with E-state index in [1.165, 1.54) is 17.2 Å².